The average molecular weight is 401 g/mol. The van der Waals surface area contributed by atoms with E-state index in [1.54, 1.807) is 12.1 Å². The third kappa shape index (κ3) is 5.16. The van der Waals surface area contributed by atoms with Crippen molar-refractivity contribution in [3.63, 3.8) is 0 Å². The van der Waals surface area contributed by atoms with Gasteiger partial charge in [0.05, 0.1) is 11.4 Å². The van der Waals surface area contributed by atoms with E-state index in [1.807, 2.05) is 18.2 Å². The minimum absolute atomic E-state index is 0.0463. The second-order valence-corrected chi connectivity index (χ2v) is 7.18. The van der Waals surface area contributed by atoms with Crippen molar-refractivity contribution >= 4 is 35.1 Å². The summed E-state index contributed by atoms with van der Waals surface area (Å²) in [5.41, 5.74) is 3.13. The van der Waals surface area contributed by atoms with Gasteiger partial charge in [-0.2, -0.15) is 0 Å². The van der Waals surface area contributed by atoms with E-state index < -0.39 is 18.0 Å². The number of nitrogens with zero attached hydrogens (tertiary/aromatic N) is 1. The predicted octanol–water partition coefficient (Wildman–Crippen LogP) is 3.76. The van der Waals surface area contributed by atoms with E-state index in [1.165, 1.54) is 24.2 Å². The summed E-state index contributed by atoms with van der Waals surface area (Å²) in [6.45, 7) is 1.46. The fourth-order valence-corrected chi connectivity index (χ4v) is 3.20. The van der Waals surface area contributed by atoms with Crippen LogP contribution in [0.1, 0.15) is 47.7 Å². The molecule has 1 N–H and O–H groups in total. The first-order chi connectivity index (χ1) is 13.4. The number of amides is 1. The molecule has 0 saturated heterocycles. The van der Waals surface area contributed by atoms with Gasteiger partial charge >= 0.3 is 5.97 Å². The normalized spacial score (nSPS) is 13.5. The number of rotatable bonds is 7. The van der Waals surface area contributed by atoms with Gasteiger partial charge in [-0.05, 0) is 55.5 Å². The van der Waals surface area contributed by atoms with E-state index in [-0.39, 0.29) is 18.6 Å². The molecule has 146 valence electrons. The van der Waals surface area contributed by atoms with Gasteiger partial charge in [-0.15, -0.1) is 0 Å². The number of hydrogen-bond acceptors (Lipinski definition) is 5. The van der Waals surface area contributed by atoms with Gasteiger partial charge in [0.25, 0.3) is 5.91 Å². The number of esters is 1. The lowest BCUT2D eigenvalue weighted by Crippen LogP contribution is -2.30. The molecule has 6 nitrogen and oxygen atoms in total. The van der Waals surface area contributed by atoms with Gasteiger partial charge in [0, 0.05) is 18.2 Å². The van der Waals surface area contributed by atoms with Crippen molar-refractivity contribution < 1.29 is 19.1 Å². The molecule has 0 fully saturated rings. The summed E-state index contributed by atoms with van der Waals surface area (Å²) in [4.78, 5) is 40.3. The van der Waals surface area contributed by atoms with Crippen LogP contribution in [-0.2, 0) is 27.2 Å². The number of pyridine rings is 1. The lowest BCUT2D eigenvalue weighted by molar-refractivity contribution is -0.153. The Labute approximate surface area is 168 Å². The zero-order valence-corrected chi connectivity index (χ0v) is 16.3. The summed E-state index contributed by atoms with van der Waals surface area (Å²) in [5, 5.41) is 2.99. The van der Waals surface area contributed by atoms with Crippen LogP contribution in [0.25, 0.3) is 0 Å². The molecule has 1 aliphatic rings. The van der Waals surface area contributed by atoms with Crippen molar-refractivity contribution in [2.24, 2.45) is 0 Å². The van der Waals surface area contributed by atoms with E-state index in [2.05, 4.69) is 10.3 Å². The van der Waals surface area contributed by atoms with Crippen LogP contribution in [0.5, 0.6) is 0 Å². The molecule has 28 heavy (non-hydrogen) atoms. The monoisotopic (exact) mass is 400 g/mol. The Bertz CT molecular complexity index is 896. The Kier molecular flexibility index (Phi) is 6.41. The van der Waals surface area contributed by atoms with E-state index in [4.69, 9.17) is 16.3 Å². The number of carbonyl (C=O) groups excluding carboxylic acids is 3. The maximum Gasteiger partial charge on any atom is 0.307 e. The fourth-order valence-electron chi connectivity index (χ4n) is 3.09. The number of ether oxygens (including phenoxy) is 1. The summed E-state index contributed by atoms with van der Waals surface area (Å²) in [5.74, 6) is -0.896. The van der Waals surface area contributed by atoms with Crippen molar-refractivity contribution in [3.05, 3.63) is 58.2 Å². The SMILES string of the molecule is C[C@@H](OC(=O)CCC(=O)c1ccc2c(c1)CCC2)C(=O)Nc1ccc(Cl)cn1. The Morgan fingerprint density at radius 1 is 1.14 bits per heavy atom. The minimum Gasteiger partial charge on any atom is -0.453 e. The summed E-state index contributed by atoms with van der Waals surface area (Å²) >= 11 is 5.74. The lowest BCUT2D eigenvalue weighted by Gasteiger charge is -2.13. The summed E-state index contributed by atoms with van der Waals surface area (Å²) in [6.07, 6.45) is 3.54. The number of aromatic nitrogens is 1. The largest absolute Gasteiger partial charge is 0.453 e. The van der Waals surface area contributed by atoms with Crippen LogP contribution in [0.4, 0.5) is 5.82 Å². The molecule has 0 spiro atoms. The predicted molar refractivity (Wildman–Crippen MR) is 105 cm³/mol. The highest BCUT2D eigenvalue weighted by Gasteiger charge is 2.20. The van der Waals surface area contributed by atoms with Crippen LogP contribution in [0, 0.1) is 0 Å². The first kappa shape index (κ1) is 20.0. The topological polar surface area (TPSA) is 85.4 Å². The van der Waals surface area contributed by atoms with Gasteiger partial charge in [-0.1, -0.05) is 23.7 Å². The van der Waals surface area contributed by atoms with Gasteiger partial charge < -0.3 is 10.1 Å². The number of nitrogens with one attached hydrogen (secondary N) is 1. The van der Waals surface area contributed by atoms with Crippen LogP contribution in [0.2, 0.25) is 5.02 Å². The first-order valence-corrected chi connectivity index (χ1v) is 9.57. The zero-order chi connectivity index (χ0) is 20.1. The van der Waals surface area contributed by atoms with E-state index in [0.717, 1.165) is 19.3 Å². The third-order valence-corrected chi connectivity index (χ3v) is 4.86. The highest BCUT2D eigenvalue weighted by Crippen LogP contribution is 2.23. The zero-order valence-electron chi connectivity index (χ0n) is 15.5. The molecule has 7 heteroatoms. The molecular weight excluding hydrogens is 380 g/mol. The number of ketones is 1. The van der Waals surface area contributed by atoms with Crippen LogP contribution < -0.4 is 5.32 Å². The molecule has 3 rings (SSSR count). The van der Waals surface area contributed by atoms with Crippen LogP contribution in [0.3, 0.4) is 0 Å². The molecule has 1 aromatic carbocycles. The van der Waals surface area contributed by atoms with Gasteiger partial charge in [0.15, 0.2) is 11.9 Å². The molecule has 1 aromatic heterocycles. The Morgan fingerprint density at radius 3 is 2.68 bits per heavy atom. The fraction of sp³-hybridized carbons (Fsp3) is 0.333. The standard InChI is InChI=1S/C21H21ClN2O4/c1-13(21(27)24-19-9-7-17(22)12-23-19)28-20(26)10-8-18(25)16-6-5-14-3-2-4-15(14)11-16/h5-7,9,11-13H,2-4,8,10H2,1H3,(H,23,24,27)/t13-/m1/s1. The Morgan fingerprint density at radius 2 is 1.93 bits per heavy atom. The molecule has 0 bridgehead atoms. The summed E-state index contributed by atoms with van der Waals surface area (Å²) in [6, 6.07) is 8.86. The Hall–Kier alpha value is -2.73. The summed E-state index contributed by atoms with van der Waals surface area (Å²) < 4.78 is 5.11. The maximum atomic E-state index is 12.3. The van der Waals surface area contributed by atoms with Crippen molar-refractivity contribution in [1.82, 2.24) is 4.98 Å². The molecule has 1 atom stereocenters. The van der Waals surface area contributed by atoms with Crippen molar-refractivity contribution in [2.75, 3.05) is 5.32 Å². The van der Waals surface area contributed by atoms with Gasteiger partial charge in [0.2, 0.25) is 0 Å². The number of fused-ring (bicyclic) bond motifs is 1. The van der Waals surface area contributed by atoms with Crippen molar-refractivity contribution in [2.45, 2.75) is 45.1 Å². The lowest BCUT2D eigenvalue weighted by atomic mass is 10.0. The number of benzene rings is 1. The second kappa shape index (κ2) is 8.97. The number of halogens is 1. The quantitative estimate of drug-likeness (QED) is 0.565. The van der Waals surface area contributed by atoms with Gasteiger partial charge in [-0.25, -0.2) is 4.98 Å². The van der Waals surface area contributed by atoms with Crippen molar-refractivity contribution in [3.8, 4) is 0 Å². The number of aryl methyl sites for hydroxylation is 2. The first-order valence-electron chi connectivity index (χ1n) is 9.19. The molecular formula is C21H21ClN2O4. The second-order valence-electron chi connectivity index (χ2n) is 6.74. The molecule has 0 saturated carbocycles. The van der Waals surface area contributed by atoms with E-state index in [0.29, 0.717) is 16.4 Å². The van der Waals surface area contributed by atoms with Crippen LogP contribution >= 0.6 is 11.6 Å². The maximum absolute atomic E-state index is 12.3. The molecule has 1 heterocycles. The third-order valence-electron chi connectivity index (χ3n) is 4.63. The van der Waals surface area contributed by atoms with Gasteiger partial charge in [0.1, 0.15) is 5.82 Å². The highest BCUT2D eigenvalue weighted by molar-refractivity contribution is 6.30. The summed E-state index contributed by atoms with van der Waals surface area (Å²) in [7, 11) is 0. The molecule has 0 radical (unpaired) electrons. The number of hydrogen-bond donors (Lipinski definition) is 1. The van der Waals surface area contributed by atoms with Gasteiger partial charge in [-0.3, -0.25) is 14.4 Å². The number of anilines is 1. The molecule has 0 aliphatic heterocycles. The Balaban J connectivity index is 1.46. The van der Waals surface area contributed by atoms with Crippen LogP contribution in [-0.4, -0.2) is 28.7 Å². The van der Waals surface area contributed by atoms with E-state index in [9.17, 15) is 14.4 Å². The average Bonchev–Trinajstić information content (AvgIpc) is 3.15. The minimum atomic E-state index is -1.000. The molecule has 2 aromatic rings. The molecule has 1 aliphatic carbocycles. The molecule has 1 amide bonds. The number of carbonyl (C=O) groups is 3. The van der Waals surface area contributed by atoms with E-state index >= 15 is 0 Å². The van der Waals surface area contributed by atoms with Crippen LogP contribution in [0.15, 0.2) is 36.5 Å². The number of Topliss-reactive ketones (excluding diaryl/α,β-unsaturated/α-hetero) is 1. The smallest absolute Gasteiger partial charge is 0.307 e. The molecule has 0 unspecified atom stereocenters. The van der Waals surface area contributed by atoms with Crippen molar-refractivity contribution in [1.29, 1.82) is 0 Å². The highest BCUT2D eigenvalue weighted by atomic mass is 35.5.